The lowest BCUT2D eigenvalue weighted by molar-refractivity contribution is -0.246. The minimum absolute atomic E-state index is 0.0334. The highest BCUT2D eigenvalue weighted by molar-refractivity contribution is 8.00. The molecule has 46 heavy (non-hydrogen) atoms. The van der Waals surface area contributed by atoms with Crippen molar-refractivity contribution in [1.82, 2.24) is 4.90 Å². The molecule has 13 atom stereocenters. The van der Waals surface area contributed by atoms with Crippen LogP contribution in [0.2, 0.25) is 0 Å². The van der Waals surface area contributed by atoms with E-state index < -0.39 is 70.0 Å². The lowest BCUT2D eigenvalue weighted by Crippen LogP contribution is -2.69. The predicted octanol–water partition coefficient (Wildman–Crippen LogP) is 8.43. The summed E-state index contributed by atoms with van der Waals surface area (Å²) < 4.78 is 43.5. The van der Waals surface area contributed by atoms with Crippen molar-refractivity contribution in [2.45, 2.75) is 151 Å². The van der Waals surface area contributed by atoms with Crippen molar-refractivity contribution in [3.63, 3.8) is 0 Å². The highest BCUT2D eigenvalue weighted by atomic mass is 32.2. The number of allylic oxidation sites excluding steroid dienone is 1. The predicted molar refractivity (Wildman–Crippen MR) is 191 cm³/mol. The SMILES string of the molecule is [2H]C1([2H])CC23CCC(C(C)C)C(C(C)C)(C2C1=O)[C@H](OC(=O)C([2H])([2H])S[C@H]1C[C@@H]2CC(C)(C)[C@H](C1C)N2CC)C(C)[C@@](C)(/C=C\C)[C@@H](O)[C@@H]3C. The summed E-state index contributed by atoms with van der Waals surface area (Å²) in [5.74, 6) is -3.02. The van der Waals surface area contributed by atoms with Gasteiger partial charge in [-0.15, -0.1) is 11.8 Å². The molecular formula is C40H67NO4S. The van der Waals surface area contributed by atoms with Gasteiger partial charge in [0.2, 0.25) is 0 Å². The first-order valence-electron chi connectivity index (χ1n) is 20.4. The fraction of sp³-hybridized carbons (Fsp3) is 0.900. The van der Waals surface area contributed by atoms with Crippen LogP contribution in [-0.2, 0) is 14.3 Å². The molecule has 5 fully saturated rings. The highest BCUT2D eigenvalue weighted by Crippen LogP contribution is 2.72. The standard InChI is InChI=1S/C40H67NO4S/c1-13-17-38(12)27(9)36(45-32(43)22-46-31-20-28-21-37(10,11)34(25(31)7)41(28)14-2)40(24(5)6)29(23(3)4)15-18-39(26(8)35(38)44)19-16-30(42)33(39)40/h13,17,23-29,31,33-36,44H,14-16,18-22H2,1-12H3/b17-13-/t25?,26-,27?,28+,29?,31-,33?,34-,35-,36+,38+,39?,40?/m0/s1/i16D2,22D2. The van der Waals surface area contributed by atoms with E-state index in [4.69, 9.17) is 7.48 Å². The van der Waals surface area contributed by atoms with Crippen molar-refractivity contribution >= 4 is 23.5 Å². The first-order chi connectivity index (χ1) is 22.9. The second-order valence-electron chi connectivity index (χ2n) is 17.6. The minimum Gasteiger partial charge on any atom is -0.461 e. The molecule has 1 N–H and O–H groups in total. The Balaban J connectivity index is 1.64. The number of hydrogen-bond acceptors (Lipinski definition) is 6. The summed E-state index contributed by atoms with van der Waals surface area (Å²) in [6.45, 7) is 26.4. The van der Waals surface area contributed by atoms with Gasteiger partial charge in [0.05, 0.1) is 14.6 Å². The second-order valence-corrected chi connectivity index (χ2v) is 18.7. The van der Waals surface area contributed by atoms with E-state index in [0.717, 1.165) is 37.6 Å². The van der Waals surface area contributed by atoms with Crippen molar-refractivity contribution in [3.8, 4) is 0 Å². The average molecular weight is 662 g/mol. The Kier molecular flexibility index (Phi) is 8.67. The Labute approximate surface area is 291 Å². The molecule has 3 aliphatic carbocycles. The van der Waals surface area contributed by atoms with Crippen molar-refractivity contribution in [2.75, 3.05) is 12.2 Å². The van der Waals surface area contributed by atoms with Gasteiger partial charge in [-0.3, -0.25) is 14.5 Å². The molecule has 3 saturated carbocycles. The Bertz CT molecular complexity index is 1350. The molecule has 2 saturated heterocycles. The summed E-state index contributed by atoms with van der Waals surface area (Å²) in [6.07, 6.45) is 3.22. The molecule has 5 rings (SSSR count). The zero-order valence-corrected chi connectivity index (χ0v) is 31.7. The molecule has 0 spiro atoms. The smallest absolute Gasteiger partial charge is 0.316 e. The van der Waals surface area contributed by atoms with Crippen molar-refractivity contribution < 1.29 is 24.9 Å². The third-order valence-corrected chi connectivity index (χ3v) is 15.8. The van der Waals surface area contributed by atoms with Gasteiger partial charge in [0.15, 0.2) is 0 Å². The van der Waals surface area contributed by atoms with Gasteiger partial charge in [0, 0.05) is 49.1 Å². The molecule has 262 valence electrons. The van der Waals surface area contributed by atoms with E-state index in [-0.39, 0.29) is 40.8 Å². The van der Waals surface area contributed by atoms with Crippen LogP contribution in [0, 0.1) is 63.1 Å². The zero-order chi connectivity index (χ0) is 37.7. The number of nitrogens with zero attached hydrogens (tertiary/aromatic N) is 1. The molecule has 0 aromatic rings. The van der Waals surface area contributed by atoms with E-state index in [1.54, 1.807) is 0 Å². The Hall–Kier alpha value is -0.850. The van der Waals surface area contributed by atoms with Gasteiger partial charge >= 0.3 is 5.97 Å². The summed E-state index contributed by atoms with van der Waals surface area (Å²) in [5.41, 5.74) is -4.92. The van der Waals surface area contributed by atoms with Crippen LogP contribution in [0.3, 0.4) is 0 Å². The maximum atomic E-state index is 14.7. The van der Waals surface area contributed by atoms with Gasteiger partial charge in [-0.05, 0) is 86.0 Å². The fourth-order valence-electron chi connectivity index (χ4n) is 12.6. The number of rotatable bonds is 8. The van der Waals surface area contributed by atoms with Crippen LogP contribution >= 0.6 is 11.8 Å². The number of ether oxygens (including phenoxy) is 1. The average Bonchev–Trinajstić information content (AvgIpc) is 3.36. The molecule has 2 heterocycles. The zero-order valence-electron chi connectivity index (χ0n) is 34.9. The quantitative estimate of drug-likeness (QED) is 0.208. The van der Waals surface area contributed by atoms with E-state index in [9.17, 15) is 17.4 Å². The van der Waals surface area contributed by atoms with E-state index >= 15 is 0 Å². The first-order valence-corrected chi connectivity index (χ1v) is 19.3. The molecule has 5 nitrogen and oxygen atoms in total. The van der Waals surface area contributed by atoms with Gasteiger partial charge in [-0.1, -0.05) is 88.3 Å². The van der Waals surface area contributed by atoms with Crippen LogP contribution in [0.1, 0.15) is 127 Å². The van der Waals surface area contributed by atoms with E-state index in [2.05, 4.69) is 60.3 Å². The molecule has 0 aromatic carbocycles. The van der Waals surface area contributed by atoms with E-state index in [1.165, 1.54) is 0 Å². The van der Waals surface area contributed by atoms with Crippen LogP contribution in [0.5, 0.6) is 0 Å². The first kappa shape index (κ1) is 31.2. The molecule has 0 aromatic heterocycles. The molecule has 4 bridgehead atoms. The minimum atomic E-state index is -2.34. The number of Topliss-reactive ketones (excluding diaryl/α,β-unsaturated/α-hetero) is 1. The summed E-state index contributed by atoms with van der Waals surface area (Å²) in [6, 6.07) is 0.659. The maximum Gasteiger partial charge on any atom is 0.316 e. The maximum absolute atomic E-state index is 14.7. The third-order valence-electron chi connectivity index (χ3n) is 14.6. The number of piperidine rings is 1. The van der Waals surface area contributed by atoms with Crippen molar-refractivity contribution in [2.24, 2.45) is 63.1 Å². The summed E-state index contributed by atoms with van der Waals surface area (Å²) in [4.78, 5) is 31.9. The largest absolute Gasteiger partial charge is 0.461 e. The van der Waals surface area contributed by atoms with Gasteiger partial charge < -0.3 is 9.84 Å². The molecule has 0 amide bonds. The topological polar surface area (TPSA) is 66.8 Å². The summed E-state index contributed by atoms with van der Waals surface area (Å²) >= 11 is 1.11. The molecule has 2 aliphatic heterocycles. The number of carbonyl (C=O) groups excluding carboxylic acids is 2. The van der Waals surface area contributed by atoms with Gasteiger partial charge in [-0.2, -0.15) is 0 Å². The number of aliphatic hydroxyl groups is 1. The van der Waals surface area contributed by atoms with Crippen LogP contribution in [0.4, 0.5) is 0 Å². The second kappa shape index (κ2) is 12.8. The third kappa shape index (κ3) is 5.22. The number of carbonyl (C=O) groups is 2. The van der Waals surface area contributed by atoms with Gasteiger partial charge in [0.1, 0.15) is 11.9 Å². The van der Waals surface area contributed by atoms with Crippen molar-refractivity contribution in [3.05, 3.63) is 12.2 Å². The number of thioether (sulfide) groups is 1. The molecule has 6 heteroatoms. The summed E-state index contributed by atoms with van der Waals surface area (Å²) in [7, 11) is 0. The number of ketones is 1. The lowest BCUT2D eigenvalue weighted by atomic mass is 9.38. The normalized spacial score (nSPS) is 50.0. The fourth-order valence-corrected chi connectivity index (χ4v) is 13.6. The van der Waals surface area contributed by atoms with Crippen LogP contribution in [0.25, 0.3) is 0 Å². The summed E-state index contributed by atoms with van der Waals surface area (Å²) in [5, 5.41) is 12.3. The molecule has 5 aliphatic rings. The van der Waals surface area contributed by atoms with Gasteiger partial charge in [-0.25, -0.2) is 0 Å². The van der Waals surface area contributed by atoms with Crippen molar-refractivity contribution in [1.29, 1.82) is 0 Å². The Morgan fingerprint density at radius 1 is 1.17 bits per heavy atom. The number of esters is 1. The van der Waals surface area contributed by atoms with Gasteiger partial charge in [0.25, 0.3) is 0 Å². The Morgan fingerprint density at radius 3 is 2.43 bits per heavy atom. The number of fused-ring (bicyclic) bond motifs is 2. The highest BCUT2D eigenvalue weighted by Gasteiger charge is 2.73. The number of hydrogen-bond donors (Lipinski definition) is 1. The van der Waals surface area contributed by atoms with Crippen LogP contribution in [-0.4, -0.2) is 63.6 Å². The Morgan fingerprint density at radius 2 is 1.85 bits per heavy atom. The molecule has 0 radical (unpaired) electrons. The lowest BCUT2D eigenvalue weighted by Gasteiger charge is -2.67. The van der Waals surface area contributed by atoms with Crippen LogP contribution < -0.4 is 0 Å². The van der Waals surface area contributed by atoms with E-state index in [0.29, 0.717) is 18.5 Å². The number of aliphatic hydroxyl groups excluding tert-OH is 1. The van der Waals surface area contributed by atoms with Crippen LogP contribution in [0.15, 0.2) is 12.2 Å². The molecule has 6 unspecified atom stereocenters. The van der Waals surface area contributed by atoms with E-state index in [1.807, 2.05) is 39.8 Å². The molecular weight excluding hydrogens is 591 g/mol. The monoisotopic (exact) mass is 662 g/mol.